The third-order valence-electron chi connectivity index (χ3n) is 5.21. The van der Waals surface area contributed by atoms with Crippen LogP contribution in [0.25, 0.3) is 0 Å². The molecule has 1 amide bonds. The number of nitrogens with zero attached hydrogens (tertiary/aromatic N) is 1. The molecule has 0 radical (unpaired) electrons. The Labute approximate surface area is 173 Å². The van der Waals surface area contributed by atoms with E-state index in [0.29, 0.717) is 22.5 Å². The highest BCUT2D eigenvalue weighted by molar-refractivity contribution is 6.12. The number of halogens is 3. The van der Waals surface area contributed by atoms with Crippen LogP contribution in [0.5, 0.6) is 0 Å². The minimum Gasteiger partial charge on any atom is -0.360 e. The maximum Gasteiger partial charge on any atom is 0.416 e. The van der Waals surface area contributed by atoms with E-state index < -0.39 is 17.9 Å². The first-order chi connectivity index (χ1) is 14.4. The normalized spacial score (nSPS) is 16.2. The summed E-state index contributed by atoms with van der Waals surface area (Å²) in [5.41, 5.74) is 2.48. The van der Waals surface area contributed by atoms with E-state index in [1.165, 1.54) is 11.0 Å². The maximum absolute atomic E-state index is 13.4. The van der Waals surface area contributed by atoms with Crippen LogP contribution in [0.1, 0.15) is 46.6 Å². The number of carbonyl (C=O) groups is 1. The minimum atomic E-state index is -4.46. The maximum atomic E-state index is 13.4. The quantitative estimate of drug-likeness (QED) is 0.538. The number of carbonyl (C=O) groups excluding carboxylic acids is 1. The lowest BCUT2D eigenvalue weighted by molar-refractivity contribution is -0.137. The Morgan fingerprint density at radius 3 is 2.40 bits per heavy atom. The molecule has 0 aliphatic carbocycles. The minimum absolute atomic E-state index is 0.255. The summed E-state index contributed by atoms with van der Waals surface area (Å²) in [6.07, 6.45) is -3.29. The number of amides is 1. The van der Waals surface area contributed by atoms with Crippen LogP contribution in [0.3, 0.4) is 0 Å². The predicted molar refractivity (Wildman–Crippen MR) is 111 cm³/mol. The summed E-state index contributed by atoms with van der Waals surface area (Å²) in [6, 6.07) is 19.7. The molecule has 1 unspecified atom stereocenters. The first-order valence-corrected chi connectivity index (χ1v) is 9.83. The molecule has 1 aliphatic heterocycles. The lowest BCUT2D eigenvalue weighted by atomic mass is 10.0. The first-order valence-electron chi connectivity index (χ1n) is 9.83. The van der Waals surface area contributed by atoms with Gasteiger partial charge >= 0.3 is 6.18 Å². The Morgan fingerprint density at radius 2 is 1.70 bits per heavy atom. The summed E-state index contributed by atoms with van der Waals surface area (Å²) < 4.78 is 39.9. The van der Waals surface area contributed by atoms with Crippen molar-refractivity contribution in [3.63, 3.8) is 0 Å². The van der Waals surface area contributed by atoms with Gasteiger partial charge < -0.3 is 5.32 Å². The van der Waals surface area contributed by atoms with E-state index in [2.05, 4.69) is 12.2 Å². The number of anilines is 2. The smallest absolute Gasteiger partial charge is 0.360 e. The van der Waals surface area contributed by atoms with Gasteiger partial charge in [-0.1, -0.05) is 49.7 Å². The highest BCUT2D eigenvalue weighted by Crippen LogP contribution is 2.38. The lowest BCUT2D eigenvalue weighted by Crippen LogP contribution is -2.43. The van der Waals surface area contributed by atoms with E-state index in [-0.39, 0.29) is 5.91 Å². The molecular weight excluding hydrogens is 389 g/mol. The van der Waals surface area contributed by atoms with Gasteiger partial charge in [0, 0.05) is 11.4 Å². The fourth-order valence-corrected chi connectivity index (χ4v) is 3.75. The van der Waals surface area contributed by atoms with Crippen molar-refractivity contribution in [1.29, 1.82) is 0 Å². The molecule has 1 N–H and O–H groups in total. The fourth-order valence-electron chi connectivity index (χ4n) is 3.75. The molecule has 1 atom stereocenters. The van der Waals surface area contributed by atoms with Gasteiger partial charge in [0.1, 0.15) is 6.17 Å². The van der Waals surface area contributed by atoms with Gasteiger partial charge in [-0.25, -0.2) is 0 Å². The summed E-state index contributed by atoms with van der Waals surface area (Å²) in [7, 11) is 0. The summed E-state index contributed by atoms with van der Waals surface area (Å²) >= 11 is 0. The number of benzene rings is 3. The SMILES string of the molecule is CCCc1ccc(N2C(=O)c3ccccc3NC2c2cccc(C(F)(F)F)c2)cc1. The van der Waals surface area contributed by atoms with Crippen LogP contribution in [0.4, 0.5) is 24.5 Å². The number of hydrogen-bond donors (Lipinski definition) is 1. The summed E-state index contributed by atoms with van der Waals surface area (Å²) in [4.78, 5) is 14.9. The van der Waals surface area contributed by atoms with Crippen molar-refractivity contribution in [1.82, 2.24) is 0 Å². The summed E-state index contributed by atoms with van der Waals surface area (Å²) in [6.45, 7) is 2.09. The van der Waals surface area contributed by atoms with Gasteiger partial charge in [-0.05, 0) is 53.9 Å². The molecule has 6 heteroatoms. The average Bonchev–Trinajstić information content (AvgIpc) is 2.74. The topological polar surface area (TPSA) is 32.3 Å². The number of hydrogen-bond acceptors (Lipinski definition) is 2. The third kappa shape index (κ3) is 3.77. The Morgan fingerprint density at radius 1 is 0.967 bits per heavy atom. The van der Waals surface area contributed by atoms with Crippen molar-refractivity contribution in [2.24, 2.45) is 0 Å². The lowest BCUT2D eigenvalue weighted by Gasteiger charge is -2.38. The molecule has 0 saturated heterocycles. The second-order valence-electron chi connectivity index (χ2n) is 7.31. The molecule has 4 rings (SSSR count). The zero-order chi connectivity index (χ0) is 21.3. The Hall–Kier alpha value is -3.28. The summed E-state index contributed by atoms with van der Waals surface area (Å²) in [5.74, 6) is -0.255. The zero-order valence-electron chi connectivity index (χ0n) is 16.4. The van der Waals surface area contributed by atoms with Gasteiger partial charge in [0.05, 0.1) is 11.1 Å². The number of fused-ring (bicyclic) bond motifs is 1. The largest absolute Gasteiger partial charge is 0.416 e. The molecule has 0 spiro atoms. The average molecular weight is 410 g/mol. The molecule has 0 fully saturated rings. The third-order valence-corrected chi connectivity index (χ3v) is 5.21. The number of nitrogens with one attached hydrogen (secondary N) is 1. The van der Waals surface area contributed by atoms with E-state index >= 15 is 0 Å². The van der Waals surface area contributed by atoms with Gasteiger partial charge in [0.15, 0.2) is 0 Å². The highest BCUT2D eigenvalue weighted by Gasteiger charge is 2.36. The molecule has 0 aromatic heterocycles. The molecule has 0 bridgehead atoms. The van der Waals surface area contributed by atoms with Crippen molar-refractivity contribution in [2.75, 3.05) is 10.2 Å². The highest BCUT2D eigenvalue weighted by atomic mass is 19.4. The van der Waals surface area contributed by atoms with Gasteiger partial charge in [0.25, 0.3) is 5.91 Å². The van der Waals surface area contributed by atoms with Crippen LogP contribution in [0.2, 0.25) is 0 Å². The fraction of sp³-hybridized carbons (Fsp3) is 0.208. The van der Waals surface area contributed by atoms with E-state index in [1.54, 1.807) is 30.3 Å². The van der Waals surface area contributed by atoms with Crippen LogP contribution in [0, 0.1) is 0 Å². The second-order valence-corrected chi connectivity index (χ2v) is 7.31. The van der Waals surface area contributed by atoms with Crippen molar-refractivity contribution in [2.45, 2.75) is 32.1 Å². The molecule has 154 valence electrons. The number of para-hydroxylation sites is 1. The molecule has 0 saturated carbocycles. The summed E-state index contributed by atoms with van der Waals surface area (Å²) in [5, 5.41) is 3.25. The van der Waals surface area contributed by atoms with Gasteiger partial charge in [0.2, 0.25) is 0 Å². The second kappa shape index (κ2) is 7.86. The van der Waals surface area contributed by atoms with Crippen LogP contribution in [-0.2, 0) is 12.6 Å². The van der Waals surface area contributed by atoms with E-state index in [1.807, 2.05) is 24.3 Å². The predicted octanol–water partition coefficient (Wildman–Crippen LogP) is 6.43. The van der Waals surface area contributed by atoms with Gasteiger partial charge in [-0.3, -0.25) is 9.69 Å². The van der Waals surface area contributed by atoms with E-state index in [9.17, 15) is 18.0 Å². The van der Waals surface area contributed by atoms with Crippen molar-refractivity contribution in [3.05, 3.63) is 95.1 Å². The number of rotatable bonds is 4. The standard InChI is InChI=1S/C24H21F3N2O/c1-2-6-16-11-13-19(14-12-16)29-22(17-7-5-8-18(15-17)24(25,26)27)28-21-10-4-3-9-20(21)23(29)30/h3-5,7-15,22,28H,2,6H2,1H3. The van der Waals surface area contributed by atoms with Crippen LogP contribution >= 0.6 is 0 Å². The molecule has 3 aromatic rings. The molecular formula is C24H21F3N2O. The Balaban J connectivity index is 1.81. The Bertz CT molecular complexity index is 1060. The molecule has 30 heavy (non-hydrogen) atoms. The first kappa shape index (κ1) is 20.0. The van der Waals surface area contributed by atoms with Gasteiger partial charge in [-0.2, -0.15) is 13.2 Å². The molecule has 3 aromatic carbocycles. The van der Waals surface area contributed by atoms with Crippen molar-refractivity contribution in [3.8, 4) is 0 Å². The van der Waals surface area contributed by atoms with Crippen LogP contribution in [-0.4, -0.2) is 5.91 Å². The zero-order valence-corrected chi connectivity index (χ0v) is 16.4. The van der Waals surface area contributed by atoms with Crippen LogP contribution in [0.15, 0.2) is 72.8 Å². The van der Waals surface area contributed by atoms with Crippen molar-refractivity contribution >= 4 is 17.3 Å². The molecule has 1 heterocycles. The molecule has 1 aliphatic rings. The van der Waals surface area contributed by atoms with Crippen molar-refractivity contribution < 1.29 is 18.0 Å². The number of aryl methyl sites for hydroxylation is 1. The van der Waals surface area contributed by atoms with E-state index in [0.717, 1.165) is 30.5 Å². The monoisotopic (exact) mass is 410 g/mol. The molecule has 3 nitrogen and oxygen atoms in total. The number of alkyl halides is 3. The van der Waals surface area contributed by atoms with Gasteiger partial charge in [-0.15, -0.1) is 0 Å². The van der Waals surface area contributed by atoms with E-state index in [4.69, 9.17) is 0 Å². The van der Waals surface area contributed by atoms with Crippen LogP contribution < -0.4 is 10.2 Å². The Kier molecular flexibility index (Phi) is 5.24.